The zero-order valence-corrected chi connectivity index (χ0v) is 12.4. The first-order valence-electron chi connectivity index (χ1n) is 7.71. The number of amides is 1. The van der Waals surface area contributed by atoms with Gasteiger partial charge in [-0.1, -0.05) is 20.8 Å². The minimum Gasteiger partial charge on any atom is -0.379 e. The van der Waals surface area contributed by atoms with Crippen molar-refractivity contribution in [3.05, 3.63) is 0 Å². The van der Waals surface area contributed by atoms with E-state index in [0.29, 0.717) is 19.3 Å². The number of likely N-dealkylation sites (N-methyl/N-ethyl adjacent to an activating group) is 1. The van der Waals surface area contributed by atoms with Crippen LogP contribution in [-0.2, 0) is 9.53 Å². The zero-order chi connectivity index (χ0) is 13.8. The van der Waals surface area contributed by atoms with Crippen molar-refractivity contribution >= 4 is 5.91 Å². The molecular formula is C15H28N2O2. The molecule has 1 amide bonds. The highest BCUT2D eigenvalue weighted by atomic mass is 16.5. The minimum atomic E-state index is -0.0208. The molecule has 2 aliphatic rings. The summed E-state index contributed by atoms with van der Waals surface area (Å²) in [5.74, 6) is 1.60. The molecular weight excluding hydrogens is 240 g/mol. The number of ether oxygens (including phenoxy) is 1. The van der Waals surface area contributed by atoms with E-state index in [-0.39, 0.29) is 17.9 Å². The van der Waals surface area contributed by atoms with E-state index >= 15 is 0 Å². The Morgan fingerprint density at radius 3 is 2.47 bits per heavy atom. The van der Waals surface area contributed by atoms with Gasteiger partial charge in [-0.25, -0.2) is 0 Å². The number of carbonyl (C=O) groups is 1. The molecule has 1 saturated carbocycles. The Morgan fingerprint density at radius 1 is 1.16 bits per heavy atom. The fourth-order valence-corrected chi connectivity index (χ4v) is 3.65. The highest BCUT2D eigenvalue weighted by molar-refractivity contribution is 5.80. The highest BCUT2D eigenvalue weighted by Gasteiger charge is 2.35. The predicted octanol–water partition coefficient (Wildman–Crippen LogP) is 1.55. The second-order valence-corrected chi connectivity index (χ2v) is 6.43. The molecule has 0 spiro atoms. The van der Waals surface area contributed by atoms with E-state index in [4.69, 9.17) is 4.74 Å². The maximum absolute atomic E-state index is 12.4. The average molecular weight is 268 g/mol. The average Bonchev–Trinajstić information content (AvgIpc) is 2.76. The van der Waals surface area contributed by atoms with Gasteiger partial charge in [-0.3, -0.25) is 4.79 Å². The third-order valence-corrected chi connectivity index (χ3v) is 4.41. The van der Waals surface area contributed by atoms with E-state index in [1.807, 2.05) is 0 Å². The first-order valence-corrected chi connectivity index (χ1v) is 7.71. The molecule has 2 fully saturated rings. The molecule has 4 nitrogen and oxygen atoms in total. The lowest BCUT2D eigenvalue weighted by Crippen LogP contribution is -2.48. The van der Waals surface area contributed by atoms with E-state index in [1.54, 1.807) is 0 Å². The van der Waals surface area contributed by atoms with Crippen LogP contribution in [0.2, 0.25) is 0 Å². The van der Waals surface area contributed by atoms with Crippen LogP contribution in [0.4, 0.5) is 0 Å². The molecule has 1 saturated heterocycles. The Kier molecular flexibility index (Phi) is 5.22. The third kappa shape index (κ3) is 3.93. The summed E-state index contributed by atoms with van der Waals surface area (Å²) in [7, 11) is 0. The van der Waals surface area contributed by atoms with Gasteiger partial charge in [-0.2, -0.15) is 0 Å². The van der Waals surface area contributed by atoms with Crippen molar-refractivity contribution < 1.29 is 9.53 Å². The molecule has 0 aromatic rings. The molecule has 0 radical (unpaired) electrons. The smallest absolute Gasteiger partial charge is 0.227 e. The third-order valence-electron chi connectivity index (χ3n) is 4.41. The summed E-state index contributed by atoms with van der Waals surface area (Å²) in [6, 6.07) is 0.539. The number of hydrogen-bond acceptors (Lipinski definition) is 3. The van der Waals surface area contributed by atoms with Crippen LogP contribution in [0.5, 0.6) is 0 Å². The second kappa shape index (κ2) is 6.71. The number of carbonyl (C=O) groups excluding carboxylic acids is 1. The van der Waals surface area contributed by atoms with Gasteiger partial charge in [0, 0.05) is 12.1 Å². The number of nitrogens with one attached hydrogen (secondary N) is 2. The van der Waals surface area contributed by atoms with Crippen LogP contribution in [0.15, 0.2) is 0 Å². The van der Waals surface area contributed by atoms with Crippen LogP contribution in [0, 0.1) is 17.8 Å². The van der Waals surface area contributed by atoms with Gasteiger partial charge in [0.15, 0.2) is 0 Å². The standard InChI is InChI=1S/C15H28N2O2/c1-4-16-14-9-19-8-13(14)15(18)17-12-6-10(2)5-11(3)7-12/h10-14,16H,4-9H2,1-3H3,(H,17,18). The van der Waals surface area contributed by atoms with Crippen LogP contribution in [0.25, 0.3) is 0 Å². The summed E-state index contributed by atoms with van der Waals surface area (Å²) in [4.78, 5) is 12.4. The van der Waals surface area contributed by atoms with Crippen molar-refractivity contribution in [2.24, 2.45) is 17.8 Å². The van der Waals surface area contributed by atoms with Gasteiger partial charge in [0.2, 0.25) is 5.91 Å². The highest BCUT2D eigenvalue weighted by Crippen LogP contribution is 2.29. The van der Waals surface area contributed by atoms with Gasteiger partial charge in [-0.15, -0.1) is 0 Å². The summed E-state index contributed by atoms with van der Waals surface area (Å²) in [6.07, 6.45) is 3.53. The second-order valence-electron chi connectivity index (χ2n) is 6.43. The van der Waals surface area contributed by atoms with Crippen molar-refractivity contribution in [1.82, 2.24) is 10.6 Å². The van der Waals surface area contributed by atoms with Crippen LogP contribution in [0.1, 0.15) is 40.0 Å². The molecule has 4 unspecified atom stereocenters. The predicted molar refractivity (Wildman–Crippen MR) is 75.9 cm³/mol. The summed E-state index contributed by atoms with van der Waals surface area (Å²) >= 11 is 0. The Balaban J connectivity index is 1.86. The number of rotatable bonds is 4. The van der Waals surface area contributed by atoms with Gasteiger partial charge in [0.25, 0.3) is 0 Å². The van der Waals surface area contributed by atoms with E-state index < -0.39 is 0 Å². The molecule has 1 aliphatic heterocycles. The summed E-state index contributed by atoms with van der Waals surface area (Å²) in [5, 5.41) is 6.60. The van der Waals surface area contributed by atoms with Crippen molar-refractivity contribution in [2.45, 2.75) is 52.1 Å². The van der Waals surface area contributed by atoms with Crippen LogP contribution in [-0.4, -0.2) is 37.7 Å². The fourth-order valence-electron chi connectivity index (χ4n) is 3.65. The molecule has 0 aromatic carbocycles. The Labute approximate surface area is 116 Å². The molecule has 0 aromatic heterocycles. The Bertz CT molecular complexity index is 299. The summed E-state index contributed by atoms with van der Waals surface area (Å²) in [5.41, 5.74) is 0. The lowest BCUT2D eigenvalue weighted by molar-refractivity contribution is -0.126. The molecule has 1 heterocycles. The molecule has 110 valence electrons. The van der Waals surface area contributed by atoms with Gasteiger partial charge >= 0.3 is 0 Å². The fraction of sp³-hybridized carbons (Fsp3) is 0.933. The first-order chi connectivity index (χ1) is 9.10. The van der Waals surface area contributed by atoms with Gasteiger partial charge in [0.1, 0.15) is 0 Å². The van der Waals surface area contributed by atoms with Crippen molar-refractivity contribution in [2.75, 3.05) is 19.8 Å². The molecule has 4 atom stereocenters. The molecule has 19 heavy (non-hydrogen) atoms. The Hall–Kier alpha value is -0.610. The maximum Gasteiger partial charge on any atom is 0.227 e. The van der Waals surface area contributed by atoms with Gasteiger partial charge < -0.3 is 15.4 Å². The van der Waals surface area contributed by atoms with Crippen molar-refractivity contribution in [3.8, 4) is 0 Å². The molecule has 0 bridgehead atoms. The topological polar surface area (TPSA) is 50.4 Å². The lowest BCUT2D eigenvalue weighted by atomic mass is 9.80. The van der Waals surface area contributed by atoms with E-state index in [0.717, 1.165) is 31.2 Å². The van der Waals surface area contributed by atoms with Gasteiger partial charge in [0.05, 0.1) is 19.1 Å². The molecule has 2 rings (SSSR count). The largest absolute Gasteiger partial charge is 0.379 e. The normalized spacial score (nSPS) is 39.2. The zero-order valence-electron chi connectivity index (χ0n) is 12.4. The summed E-state index contributed by atoms with van der Waals surface area (Å²) < 4.78 is 5.45. The molecule has 2 N–H and O–H groups in total. The molecule has 4 heteroatoms. The quantitative estimate of drug-likeness (QED) is 0.813. The maximum atomic E-state index is 12.4. The molecule has 1 aliphatic carbocycles. The number of hydrogen-bond donors (Lipinski definition) is 2. The minimum absolute atomic E-state index is 0.0208. The van der Waals surface area contributed by atoms with E-state index in [1.165, 1.54) is 6.42 Å². The van der Waals surface area contributed by atoms with E-state index in [9.17, 15) is 4.79 Å². The Morgan fingerprint density at radius 2 is 1.84 bits per heavy atom. The van der Waals surface area contributed by atoms with Gasteiger partial charge in [-0.05, 0) is 37.6 Å². The monoisotopic (exact) mass is 268 g/mol. The first kappa shape index (κ1) is 14.8. The SMILES string of the molecule is CCNC1COCC1C(=O)NC1CC(C)CC(C)C1. The van der Waals surface area contributed by atoms with Crippen LogP contribution >= 0.6 is 0 Å². The van der Waals surface area contributed by atoms with Crippen LogP contribution < -0.4 is 10.6 Å². The van der Waals surface area contributed by atoms with Crippen molar-refractivity contribution in [3.63, 3.8) is 0 Å². The van der Waals surface area contributed by atoms with Crippen LogP contribution in [0.3, 0.4) is 0 Å². The lowest BCUT2D eigenvalue weighted by Gasteiger charge is -2.33. The summed E-state index contributed by atoms with van der Waals surface area (Å²) in [6.45, 7) is 8.74. The van der Waals surface area contributed by atoms with E-state index in [2.05, 4.69) is 31.4 Å². The van der Waals surface area contributed by atoms with Crippen molar-refractivity contribution in [1.29, 1.82) is 0 Å².